The number of carbonyl (C=O) groups is 2. The van der Waals surface area contributed by atoms with Gasteiger partial charge in [-0.2, -0.15) is 0 Å². The normalized spacial score (nSPS) is 10.2. The van der Waals surface area contributed by atoms with Crippen LogP contribution < -0.4 is 29.6 Å². The fourth-order valence-corrected chi connectivity index (χ4v) is 0.755. The summed E-state index contributed by atoms with van der Waals surface area (Å²) in [6, 6.07) is 0. The van der Waals surface area contributed by atoms with Crippen molar-refractivity contribution < 1.29 is 50.4 Å². The van der Waals surface area contributed by atoms with Crippen LogP contribution in [0.4, 0.5) is 0 Å². The van der Waals surface area contributed by atoms with E-state index >= 15 is 0 Å². The molecule has 0 aromatic carbocycles. The quantitative estimate of drug-likeness (QED) is 0.447. The van der Waals surface area contributed by atoms with Gasteiger partial charge in [0.05, 0.1) is 12.0 Å². The Hall–Kier alpha value is -0.0600. The molecule has 0 amide bonds. The van der Waals surface area contributed by atoms with Crippen LogP contribution in [0.3, 0.4) is 0 Å². The third kappa shape index (κ3) is 6.40. The monoisotopic (exact) mass is 212 g/mol. The maximum absolute atomic E-state index is 10.9. The number of esters is 1. The van der Waals surface area contributed by atoms with Crippen LogP contribution in [0.2, 0.25) is 0 Å². The van der Waals surface area contributed by atoms with Gasteiger partial charge in [0, 0.05) is 6.42 Å². The van der Waals surface area contributed by atoms with Crippen molar-refractivity contribution in [3.05, 3.63) is 0 Å². The van der Waals surface area contributed by atoms with Crippen molar-refractivity contribution in [2.24, 2.45) is 5.41 Å². The van der Waals surface area contributed by atoms with Crippen molar-refractivity contribution in [1.82, 2.24) is 0 Å². The van der Waals surface area contributed by atoms with Crippen LogP contribution in [-0.2, 0) is 14.3 Å². The molecule has 78 valence electrons. The number of ether oxygens (including phenoxy) is 1. The Balaban J connectivity index is -0.000000720. The van der Waals surface area contributed by atoms with Crippen LogP contribution in [0.1, 0.15) is 35.0 Å². The molecule has 0 aliphatic heterocycles. The van der Waals surface area contributed by atoms with Crippen molar-refractivity contribution in [1.29, 1.82) is 0 Å². The Morgan fingerprint density at radius 1 is 1.43 bits per heavy atom. The molecule has 0 radical (unpaired) electrons. The molecule has 0 bridgehead atoms. The van der Waals surface area contributed by atoms with Gasteiger partial charge in [-0.15, -0.1) is 0 Å². The van der Waals surface area contributed by atoms with Crippen LogP contribution >= 0.6 is 0 Å². The van der Waals surface area contributed by atoms with Gasteiger partial charge in [0.15, 0.2) is 0 Å². The van der Waals surface area contributed by atoms with Gasteiger partial charge in [0.1, 0.15) is 0 Å². The van der Waals surface area contributed by atoms with Crippen molar-refractivity contribution in [3.63, 3.8) is 0 Å². The maximum atomic E-state index is 10.9. The smallest absolute Gasteiger partial charge is 1.00 e. The predicted octanol–water partition coefficient (Wildman–Crippen LogP) is -1.44. The number of carboxylic acids is 1. The van der Waals surface area contributed by atoms with Gasteiger partial charge in [-0.3, -0.25) is 9.59 Å². The zero-order valence-corrected chi connectivity index (χ0v) is 11.3. The zero-order chi connectivity index (χ0) is 10.5. The molecule has 4 nitrogen and oxygen atoms in total. The summed E-state index contributed by atoms with van der Waals surface area (Å²) in [6.07, 6.45) is 0.467. The molecule has 5 heteroatoms. The summed E-state index contributed by atoms with van der Waals surface area (Å²) in [6.45, 7) is 5.25. The van der Waals surface area contributed by atoms with Crippen LogP contribution in [0.5, 0.6) is 0 Å². The maximum Gasteiger partial charge on any atom is 1.00 e. The van der Waals surface area contributed by atoms with Gasteiger partial charge in [-0.1, -0.05) is 0 Å². The van der Waals surface area contributed by atoms with Crippen LogP contribution in [0.15, 0.2) is 0 Å². The van der Waals surface area contributed by atoms with Crippen LogP contribution in [0.25, 0.3) is 0 Å². The second kappa shape index (κ2) is 7.26. The fourth-order valence-electron chi connectivity index (χ4n) is 0.755. The van der Waals surface area contributed by atoms with E-state index in [2.05, 4.69) is 4.74 Å². The van der Waals surface area contributed by atoms with E-state index in [0.29, 0.717) is 13.0 Å². The van der Waals surface area contributed by atoms with Crippen molar-refractivity contribution in [2.75, 3.05) is 6.61 Å². The van der Waals surface area contributed by atoms with E-state index in [-0.39, 0.29) is 43.4 Å². The molecule has 0 unspecified atom stereocenters. The van der Waals surface area contributed by atoms with E-state index in [1.165, 1.54) is 0 Å². The summed E-state index contributed by atoms with van der Waals surface area (Å²) in [4.78, 5) is 21.5. The second-order valence-electron chi connectivity index (χ2n) is 3.49. The summed E-state index contributed by atoms with van der Waals surface area (Å²) < 4.78 is 4.69. The average molecular weight is 212 g/mol. The molecule has 14 heavy (non-hydrogen) atoms. The van der Waals surface area contributed by atoms with Gasteiger partial charge < -0.3 is 11.3 Å². The van der Waals surface area contributed by atoms with Gasteiger partial charge in [0.25, 0.3) is 0 Å². The molecule has 0 saturated heterocycles. The van der Waals surface area contributed by atoms with E-state index in [9.17, 15) is 9.59 Å². The van der Waals surface area contributed by atoms with Gasteiger partial charge in [0.2, 0.25) is 0 Å². The molecule has 0 aliphatic carbocycles. The fraction of sp³-hybridized carbons (Fsp3) is 0.778. The molecule has 0 aromatic rings. The largest absolute Gasteiger partial charge is 1.00 e. The minimum absolute atomic E-state index is 0. The third-order valence-corrected chi connectivity index (χ3v) is 1.84. The Morgan fingerprint density at radius 3 is 2.29 bits per heavy atom. The Bertz CT molecular complexity index is 206. The third-order valence-electron chi connectivity index (χ3n) is 1.84. The molecule has 1 N–H and O–H groups in total. The predicted molar refractivity (Wildman–Crippen MR) is 48.4 cm³/mol. The molecule has 0 rings (SSSR count). The minimum atomic E-state index is -0.892. The summed E-state index contributed by atoms with van der Waals surface area (Å²) in [5.74, 6) is -1.23. The SMILES string of the molecule is CCOC(=O)CCC(C)(C)C(=O)O.[H-].[Na+]. The first-order valence-corrected chi connectivity index (χ1v) is 4.29. The Morgan fingerprint density at radius 2 is 1.93 bits per heavy atom. The molecule has 0 fully saturated rings. The number of hydrogen-bond donors (Lipinski definition) is 1. The van der Waals surface area contributed by atoms with E-state index in [4.69, 9.17) is 5.11 Å². The Labute approximate surface area is 108 Å². The first-order chi connectivity index (χ1) is 5.90. The second-order valence-corrected chi connectivity index (χ2v) is 3.49. The molecule has 0 heterocycles. The summed E-state index contributed by atoms with van der Waals surface area (Å²) in [5.41, 5.74) is -0.854. The molecular formula is C9H17NaO4. The minimum Gasteiger partial charge on any atom is -1.00 e. The molecule has 0 aliphatic rings. The molecule has 0 atom stereocenters. The van der Waals surface area contributed by atoms with Crippen molar-refractivity contribution in [2.45, 2.75) is 33.6 Å². The standard InChI is InChI=1S/C9H16O4.Na.H/c1-4-13-7(10)5-6-9(2,3)8(11)12;;/h4-6H2,1-3H3,(H,11,12);;/q;+1;-1. The van der Waals surface area contributed by atoms with Crippen LogP contribution in [0, 0.1) is 5.41 Å². The number of carbonyl (C=O) groups excluding carboxylic acids is 1. The van der Waals surface area contributed by atoms with Gasteiger partial charge in [-0.25, -0.2) is 0 Å². The zero-order valence-electron chi connectivity index (χ0n) is 10.3. The van der Waals surface area contributed by atoms with Crippen LogP contribution in [-0.4, -0.2) is 23.7 Å². The topological polar surface area (TPSA) is 63.6 Å². The number of aliphatic carboxylic acids is 1. The van der Waals surface area contributed by atoms with E-state index in [1.807, 2.05) is 0 Å². The molecular weight excluding hydrogens is 195 g/mol. The molecule has 0 spiro atoms. The van der Waals surface area contributed by atoms with E-state index < -0.39 is 11.4 Å². The molecule has 0 aromatic heterocycles. The number of carboxylic acid groups (broad SMARTS) is 1. The number of hydrogen-bond acceptors (Lipinski definition) is 3. The van der Waals surface area contributed by atoms with E-state index in [0.717, 1.165) is 0 Å². The van der Waals surface area contributed by atoms with Crippen molar-refractivity contribution in [3.8, 4) is 0 Å². The summed E-state index contributed by atoms with van der Waals surface area (Å²) in [7, 11) is 0. The first-order valence-electron chi connectivity index (χ1n) is 4.29. The van der Waals surface area contributed by atoms with Gasteiger partial charge in [-0.05, 0) is 27.2 Å². The first kappa shape index (κ1) is 16.4. The van der Waals surface area contributed by atoms with Gasteiger partial charge >= 0.3 is 41.5 Å². The average Bonchev–Trinajstić information content (AvgIpc) is 2.01. The summed E-state index contributed by atoms with van der Waals surface area (Å²) in [5, 5.41) is 8.73. The van der Waals surface area contributed by atoms with Crippen molar-refractivity contribution >= 4 is 11.9 Å². The summed E-state index contributed by atoms with van der Waals surface area (Å²) >= 11 is 0. The molecule has 0 saturated carbocycles. The number of rotatable bonds is 5. The Kier molecular flexibility index (Phi) is 8.49. The van der Waals surface area contributed by atoms with E-state index in [1.54, 1.807) is 20.8 Å².